The Kier molecular flexibility index (Phi) is 4.76. The molecule has 0 aliphatic carbocycles. The van der Waals surface area contributed by atoms with Crippen LogP contribution >= 0.6 is 11.8 Å². The fourth-order valence-corrected chi connectivity index (χ4v) is 5.41. The van der Waals surface area contributed by atoms with Crippen LogP contribution in [-0.2, 0) is 19.4 Å². The predicted molar refractivity (Wildman–Crippen MR) is 110 cm³/mol. The number of hydrogen-bond acceptors (Lipinski definition) is 6. The molecular formula is C20H22N4O3S. The summed E-state index contributed by atoms with van der Waals surface area (Å²) in [4.78, 5) is 13.5. The molecule has 0 bridgehead atoms. The maximum absolute atomic E-state index is 12.1. The number of aryl methyl sites for hydroxylation is 1. The number of fused-ring (bicyclic) bond motifs is 2. The van der Waals surface area contributed by atoms with E-state index in [0.29, 0.717) is 35.7 Å². The minimum absolute atomic E-state index is 0.127. The molecule has 2 aromatic carbocycles. The molecule has 0 radical (unpaired) electrons. The molecule has 2 N–H and O–H groups in total. The van der Waals surface area contributed by atoms with Crippen LogP contribution in [0.25, 0.3) is 22.2 Å². The van der Waals surface area contributed by atoms with Crippen molar-refractivity contribution in [3.05, 3.63) is 39.4 Å². The van der Waals surface area contributed by atoms with Crippen molar-refractivity contribution in [1.82, 2.24) is 9.78 Å². The SMILES string of the molecule is CCc1cccc2c1Sc1c([N+](=O)[O-])c(CC)c(OC)c3c1c-2nn3CCN. The summed E-state index contributed by atoms with van der Waals surface area (Å²) in [6.45, 7) is 4.93. The van der Waals surface area contributed by atoms with Crippen LogP contribution in [0.4, 0.5) is 5.69 Å². The molecule has 0 atom stereocenters. The molecule has 3 aromatic rings. The largest absolute Gasteiger partial charge is 0.494 e. The summed E-state index contributed by atoms with van der Waals surface area (Å²) in [5.41, 5.74) is 10.3. The molecule has 28 heavy (non-hydrogen) atoms. The number of ether oxygens (including phenoxy) is 1. The lowest BCUT2D eigenvalue weighted by Gasteiger charge is -2.20. The van der Waals surface area contributed by atoms with Gasteiger partial charge in [-0.15, -0.1) is 0 Å². The number of methoxy groups -OCH3 is 1. The summed E-state index contributed by atoms with van der Waals surface area (Å²) in [6, 6.07) is 6.12. The van der Waals surface area contributed by atoms with Crippen molar-refractivity contribution in [2.45, 2.75) is 43.0 Å². The van der Waals surface area contributed by atoms with Crippen LogP contribution < -0.4 is 10.5 Å². The van der Waals surface area contributed by atoms with E-state index in [0.717, 1.165) is 39.0 Å². The van der Waals surface area contributed by atoms with Gasteiger partial charge in [-0.3, -0.25) is 14.8 Å². The van der Waals surface area contributed by atoms with Gasteiger partial charge in [0.2, 0.25) is 0 Å². The highest BCUT2D eigenvalue weighted by Gasteiger charge is 2.36. The highest BCUT2D eigenvalue weighted by atomic mass is 32.2. The lowest BCUT2D eigenvalue weighted by Crippen LogP contribution is -2.12. The first-order valence-corrected chi connectivity index (χ1v) is 10.2. The third-order valence-corrected chi connectivity index (χ3v) is 6.48. The quantitative estimate of drug-likeness (QED) is 0.387. The smallest absolute Gasteiger partial charge is 0.290 e. The molecule has 4 rings (SSSR count). The maximum Gasteiger partial charge on any atom is 0.290 e. The molecule has 2 heterocycles. The highest BCUT2D eigenvalue weighted by Crippen LogP contribution is 2.55. The Balaban J connectivity index is 2.22. The second kappa shape index (κ2) is 7.10. The van der Waals surface area contributed by atoms with Gasteiger partial charge in [-0.1, -0.05) is 43.8 Å². The van der Waals surface area contributed by atoms with Crippen molar-refractivity contribution in [1.29, 1.82) is 0 Å². The number of nitro benzene ring substituents is 1. The summed E-state index contributed by atoms with van der Waals surface area (Å²) < 4.78 is 7.52. The van der Waals surface area contributed by atoms with Crippen LogP contribution in [0.3, 0.4) is 0 Å². The number of nitrogens with zero attached hydrogens (tertiary/aromatic N) is 3. The average Bonchev–Trinajstić information content (AvgIpc) is 3.07. The van der Waals surface area contributed by atoms with Gasteiger partial charge in [0.25, 0.3) is 5.69 Å². The summed E-state index contributed by atoms with van der Waals surface area (Å²) >= 11 is 1.48. The maximum atomic E-state index is 12.1. The molecule has 0 fully saturated rings. The van der Waals surface area contributed by atoms with Gasteiger partial charge < -0.3 is 10.5 Å². The lowest BCUT2D eigenvalue weighted by atomic mass is 9.99. The van der Waals surface area contributed by atoms with Gasteiger partial charge in [0, 0.05) is 17.0 Å². The molecule has 1 aliphatic rings. The fourth-order valence-electron chi connectivity index (χ4n) is 4.00. The van der Waals surface area contributed by atoms with Gasteiger partial charge in [0.1, 0.15) is 16.1 Å². The first-order chi connectivity index (χ1) is 13.6. The zero-order valence-corrected chi connectivity index (χ0v) is 16.9. The molecule has 1 aliphatic heterocycles. The van der Waals surface area contributed by atoms with Crippen LogP contribution in [0, 0.1) is 10.1 Å². The first-order valence-electron chi connectivity index (χ1n) is 9.35. The Morgan fingerprint density at radius 2 is 2.07 bits per heavy atom. The van der Waals surface area contributed by atoms with E-state index < -0.39 is 0 Å². The number of nitro groups is 1. The van der Waals surface area contributed by atoms with Crippen molar-refractivity contribution >= 4 is 28.4 Å². The number of hydrogen-bond donors (Lipinski definition) is 1. The Labute approximate surface area is 167 Å². The normalized spacial score (nSPS) is 12.3. The molecule has 8 heteroatoms. The molecule has 0 amide bonds. The summed E-state index contributed by atoms with van der Waals surface area (Å²) in [5.74, 6) is 0.524. The van der Waals surface area contributed by atoms with Crippen LogP contribution in [-0.4, -0.2) is 28.4 Å². The fraction of sp³-hybridized carbons (Fsp3) is 0.350. The summed E-state index contributed by atoms with van der Waals surface area (Å²) in [7, 11) is 1.55. The van der Waals surface area contributed by atoms with Crippen LogP contribution in [0.5, 0.6) is 5.75 Å². The van der Waals surface area contributed by atoms with Crippen molar-refractivity contribution in [2.75, 3.05) is 13.7 Å². The minimum atomic E-state index is -0.285. The second-order valence-electron chi connectivity index (χ2n) is 6.63. The monoisotopic (exact) mass is 398 g/mol. The van der Waals surface area contributed by atoms with E-state index in [9.17, 15) is 10.1 Å². The number of rotatable bonds is 6. The molecule has 0 saturated carbocycles. The van der Waals surface area contributed by atoms with E-state index in [1.807, 2.05) is 23.7 Å². The van der Waals surface area contributed by atoms with Crippen molar-refractivity contribution in [3.8, 4) is 17.0 Å². The Morgan fingerprint density at radius 3 is 2.68 bits per heavy atom. The third-order valence-electron chi connectivity index (χ3n) is 5.19. The van der Waals surface area contributed by atoms with E-state index in [4.69, 9.17) is 15.6 Å². The summed E-state index contributed by atoms with van der Waals surface area (Å²) in [5, 5.41) is 17.7. The van der Waals surface area contributed by atoms with Crippen molar-refractivity contribution in [2.24, 2.45) is 5.73 Å². The van der Waals surface area contributed by atoms with Gasteiger partial charge in [0.05, 0.1) is 29.5 Å². The van der Waals surface area contributed by atoms with Crippen molar-refractivity contribution in [3.63, 3.8) is 0 Å². The van der Waals surface area contributed by atoms with E-state index >= 15 is 0 Å². The van der Waals surface area contributed by atoms with Gasteiger partial charge in [-0.25, -0.2) is 0 Å². The van der Waals surface area contributed by atoms with Crippen LogP contribution in [0.2, 0.25) is 0 Å². The van der Waals surface area contributed by atoms with Crippen LogP contribution in [0.15, 0.2) is 28.0 Å². The topological polar surface area (TPSA) is 96.2 Å². The van der Waals surface area contributed by atoms with Crippen LogP contribution in [0.1, 0.15) is 25.0 Å². The third kappa shape index (κ3) is 2.51. The zero-order valence-electron chi connectivity index (χ0n) is 16.1. The number of benzene rings is 2. The van der Waals surface area contributed by atoms with Gasteiger partial charge >= 0.3 is 0 Å². The van der Waals surface area contributed by atoms with E-state index in [-0.39, 0.29) is 10.6 Å². The molecule has 0 unspecified atom stereocenters. The minimum Gasteiger partial charge on any atom is -0.494 e. The molecule has 1 aromatic heterocycles. The summed E-state index contributed by atoms with van der Waals surface area (Å²) in [6.07, 6.45) is 1.34. The highest BCUT2D eigenvalue weighted by molar-refractivity contribution is 8.00. The standard InChI is InChI=1S/C20H22N4O3S/c1-4-11-7-6-8-13-15-14-17(23(22-15)10-9-21)18(27-3)12(5-2)16(24(25)26)20(14)28-19(11)13/h6-8H,4-5,9-10,21H2,1-3H3. The predicted octanol–water partition coefficient (Wildman–Crippen LogP) is 4.17. The molecule has 0 saturated heterocycles. The second-order valence-corrected chi connectivity index (χ2v) is 7.65. The number of aromatic nitrogens is 2. The Morgan fingerprint density at radius 1 is 1.29 bits per heavy atom. The van der Waals surface area contributed by atoms with Gasteiger partial charge in [-0.05, 0) is 18.4 Å². The van der Waals surface area contributed by atoms with E-state index in [2.05, 4.69) is 13.0 Å². The van der Waals surface area contributed by atoms with Crippen molar-refractivity contribution < 1.29 is 9.66 Å². The molecule has 0 spiro atoms. The number of nitrogens with two attached hydrogens (primary N) is 1. The lowest BCUT2D eigenvalue weighted by molar-refractivity contribution is -0.388. The Hall–Kier alpha value is -2.58. The van der Waals surface area contributed by atoms with E-state index in [1.54, 1.807) is 7.11 Å². The molecule has 146 valence electrons. The zero-order chi connectivity index (χ0) is 20.0. The van der Waals surface area contributed by atoms with Gasteiger partial charge in [0.15, 0.2) is 5.75 Å². The van der Waals surface area contributed by atoms with E-state index in [1.165, 1.54) is 11.8 Å². The first kappa shape index (κ1) is 18.8. The average molecular weight is 398 g/mol. The Bertz CT molecular complexity index is 1110. The molecule has 7 nitrogen and oxygen atoms in total. The van der Waals surface area contributed by atoms with Gasteiger partial charge in [-0.2, -0.15) is 5.10 Å². The molecular weight excluding hydrogens is 376 g/mol.